The van der Waals surface area contributed by atoms with Gasteiger partial charge in [0.05, 0.1) is 49.3 Å². The lowest BCUT2D eigenvalue weighted by Gasteiger charge is -2.54. The average Bonchev–Trinajstić information content (AvgIpc) is 1.56. The van der Waals surface area contributed by atoms with E-state index in [0.29, 0.717) is 96.7 Å². The second-order valence-corrected chi connectivity index (χ2v) is 32.8. The first-order chi connectivity index (χ1) is 43.4. The minimum absolute atomic E-state index is 0.313. The number of fused-ring (bicyclic) bond motifs is 20. The van der Waals surface area contributed by atoms with Gasteiger partial charge >= 0.3 is 0 Å². The van der Waals surface area contributed by atoms with Gasteiger partial charge in [-0.25, -0.2) is 0 Å². The van der Waals surface area contributed by atoms with Crippen LogP contribution in [0.5, 0.6) is 0 Å². The fourth-order valence-corrected chi connectivity index (χ4v) is 23.1. The summed E-state index contributed by atoms with van der Waals surface area (Å²) in [5.74, 6) is 11.8. The molecule has 88 heavy (non-hydrogen) atoms. The molecule has 24 unspecified atom stereocenters. The third-order valence-corrected chi connectivity index (χ3v) is 27.2. The highest BCUT2D eigenvalue weighted by Crippen LogP contribution is 2.60. The predicted molar refractivity (Wildman–Crippen MR) is 378 cm³/mol. The topological polar surface area (TPSA) is 96.2 Å². The first-order valence-electron chi connectivity index (χ1n) is 41.5. The van der Waals surface area contributed by atoms with Crippen LogP contribution < -0.4 is 42.5 Å². The van der Waals surface area contributed by atoms with Crippen molar-refractivity contribution in [3.05, 3.63) is 0 Å². The van der Waals surface area contributed by atoms with E-state index in [1.807, 2.05) is 0 Å². The van der Waals surface area contributed by atoms with E-state index in [0.717, 1.165) is 47.3 Å². The largest absolute Gasteiger partial charge is 0.286 e. The van der Waals surface area contributed by atoms with Gasteiger partial charge in [-0.15, -0.1) is 0 Å². The molecule has 0 spiro atoms. The number of hydrogen-bond acceptors (Lipinski definition) is 8. The predicted octanol–water partition coefficient (Wildman–Crippen LogP) is 20.2. The van der Waals surface area contributed by atoms with Gasteiger partial charge in [-0.2, -0.15) is 0 Å². The Labute approximate surface area is 547 Å². The van der Waals surface area contributed by atoms with Crippen molar-refractivity contribution in [2.75, 3.05) is 0 Å². The summed E-state index contributed by atoms with van der Waals surface area (Å²) in [6.45, 7) is 19.6. The van der Waals surface area contributed by atoms with E-state index in [2.05, 4.69) is 71.3 Å². The second kappa shape index (κ2) is 39.0. The molecule has 4 saturated carbocycles. The normalized spacial score (nSPS) is 39.5. The summed E-state index contributed by atoms with van der Waals surface area (Å²) in [6, 6.07) is 0. The molecule has 512 valence electrons. The molecular formula is C80H152N8. The smallest absolute Gasteiger partial charge is 0.0631 e. The van der Waals surface area contributed by atoms with E-state index in [4.69, 9.17) is 26.6 Å². The van der Waals surface area contributed by atoms with E-state index < -0.39 is 0 Å². The lowest BCUT2D eigenvalue weighted by atomic mass is 9.52. The summed E-state index contributed by atoms with van der Waals surface area (Å²) < 4.78 is 0. The van der Waals surface area contributed by atoms with E-state index in [-0.39, 0.29) is 0 Å². The van der Waals surface area contributed by atoms with Crippen LogP contribution in [0.1, 0.15) is 364 Å². The highest BCUT2D eigenvalue weighted by atomic mass is 15.4. The van der Waals surface area contributed by atoms with Gasteiger partial charge in [-0.3, -0.25) is 42.5 Å². The molecule has 9 fully saturated rings. The highest BCUT2D eigenvalue weighted by molar-refractivity contribution is 5.14. The average molecular weight is 1230 g/mol. The maximum Gasteiger partial charge on any atom is 0.0631 e. The standard InChI is InChI=1S/C80H152N8/c1-9-17-25-33-45-57-59(47-35-27-19-11-3)63(51-39-31-23-15-7)71-69(61(57)49-37-29-21-13-5)77-84-75-67-55-43-41-53-65(67)73(82-75)81-74-66-54-42-44-56-68(66)76(83-74)85-78-70-62(50-38-30-22-14-6)58(46-34-26-18-10-2)60(48-36-28-20-12-4)64(52-40-32-24-16-8)72(70)80(87-78)88-79(71)86-77/h57-88H,9-56H2,1-8H3. The molecule has 0 amide bonds. The molecule has 5 aliphatic heterocycles. The Morgan fingerprint density at radius 1 is 0.182 bits per heavy atom. The minimum Gasteiger partial charge on any atom is -0.286 e. The monoisotopic (exact) mass is 1230 g/mol. The van der Waals surface area contributed by atoms with Crippen LogP contribution >= 0.6 is 0 Å². The summed E-state index contributed by atoms with van der Waals surface area (Å²) >= 11 is 0. The van der Waals surface area contributed by atoms with E-state index >= 15 is 0 Å². The second-order valence-electron chi connectivity index (χ2n) is 32.8. The van der Waals surface area contributed by atoms with Crippen LogP contribution in [0.4, 0.5) is 0 Å². The van der Waals surface area contributed by atoms with Crippen molar-refractivity contribution in [2.45, 2.75) is 413 Å². The van der Waals surface area contributed by atoms with Crippen LogP contribution in [0.3, 0.4) is 0 Å². The summed E-state index contributed by atoms with van der Waals surface area (Å²) in [4.78, 5) is 0. The van der Waals surface area contributed by atoms with Crippen molar-refractivity contribution < 1.29 is 0 Å². The van der Waals surface area contributed by atoms with Gasteiger partial charge in [-0.1, -0.05) is 287 Å². The van der Waals surface area contributed by atoms with Gasteiger partial charge in [-0.05, 0) is 172 Å². The van der Waals surface area contributed by atoms with Crippen molar-refractivity contribution in [1.82, 2.24) is 42.5 Å². The van der Waals surface area contributed by atoms with Crippen molar-refractivity contribution in [1.29, 1.82) is 0 Å². The summed E-state index contributed by atoms with van der Waals surface area (Å²) in [5.41, 5.74) is 0. The number of rotatable bonds is 40. The first-order valence-corrected chi connectivity index (χ1v) is 41.5. The molecule has 0 aromatic rings. The minimum atomic E-state index is 0.313. The zero-order chi connectivity index (χ0) is 61.5. The molecule has 9 aliphatic rings. The Balaban J connectivity index is 1.21. The van der Waals surface area contributed by atoms with Crippen LogP contribution in [-0.2, 0) is 0 Å². The number of hydrogen-bond donors (Lipinski definition) is 8. The highest BCUT2D eigenvalue weighted by Gasteiger charge is 2.63. The Morgan fingerprint density at radius 3 is 0.523 bits per heavy atom. The molecule has 0 radical (unpaired) electrons. The third-order valence-electron chi connectivity index (χ3n) is 27.2. The van der Waals surface area contributed by atoms with Crippen molar-refractivity contribution in [3.8, 4) is 0 Å². The Kier molecular flexibility index (Phi) is 31.9. The molecule has 0 aromatic carbocycles. The lowest BCUT2D eigenvalue weighted by molar-refractivity contribution is -0.0531. The first kappa shape index (κ1) is 72.0. The summed E-state index contributed by atoms with van der Waals surface area (Å²) in [6.07, 6.45) is 70.4. The van der Waals surface area contributed by atoms with Gasteiger partial charge in [0.1, 0.15) is 0 Å². The Bertz CT molecular complexity index is 1700. The van der Waals surface area contributed by atoms with E-state index in [1.54, 1.807) is 0 Å². The van der Waals surface area contributed by atoms with E-state index in [1.165, 1.54) is 308 Å². The summed E-state index contributed by atoms with van der Waals surface area (Å²) in [5, 5.41) is 38.2. The maximum atomic E-state index is 5.06. The molecule has 5 saturated heterocycles. The van der Waals surface area contributed by atoms with Gasteiger partial charge in [0.15, 0.2) is 0 Å². The van der Waals surface area contributed by atoms with Gasteiger partial charge in [0.2, 0.25) is 0 Å². The fraction of sp³-hybridized carbons (Fsp3) is 1.00. The van der Waals surface area contributed by atoms with Crippen LogP contribution in [0, 0.1) is 94.7 Å². The zero-order valence-corrected chi connectivity index (χ0v) is 59.8. The molecule has 8 nitrogen and oxygen atoms in total. The lowest BCUT2D eigenvalue weighted by Crippen LogP contribution is -2.62. The SMILES string of the molecule is CCCCCCC1C(CCCCCC)C(CCCCCC)C2C3NC(NC4NC(NC5NC(NC6NC(N3)C3C(CCCCCC)C(CCCCCC)C(CCCCCC)C(CCCCCC)C63)C3CCCCC53)C3CCCCC43)C2C1CCCCCC. The number of unbranched alkanes of at least 4 members (excludes halogenated alkanes) is 24. The molecular weight excluding hydrogens is 1070 g/mol. The summed E-state index contributed by atoms with van der Waals surface area (Å²) in [7, 11) is 0. The molecule has 4 aliphatic carbocycles. The van der Waals surface area contributed by atoms with Crippen LogP contribution in [-0.4, -0.2) is 49.3 Å². The third kappa shape index (κ3) is 18.6. The Morgan fingerprint density at radius 2 is 0.341 bits per heavy atom. The van der Waals surface area contributed by atoms with Crippen molar-refractivity contribution >= 4 is 0 Å². The maximum absolute atomic E-state index is 5.06. The van der Waals surface area contributed by atoms with Gasteiger partial charge in [0.25, 0.3) is 0 Å². The molecule has 8 bridgehead atoms. The van der Waals surface area contributed by atoms with Crippen LogP contribution in [0.2, 0.25) is 0 Å². The quantitative estimate of drug-likeness (QED) is 0.0288. The van der Waals surface area contributed by atoms with Gasteiger partial charge < -0.3 is 0 Å². The van der Waals surface area contributed by atoms with Crippen LogP contribution in [0.15, 0.2) is 0 Å². The number of nitrogens with one attached hydrogen (secondary N) is 8. The van der Waals surface area contributed by atoms with Crippen molar-refractivity contribution in [3.63, 3.8) is 0 Å². The molecule has 5 heterocycles. The Hall–Kier alpha value is -0.320. The zero-order valence-electron chi connectivity index (χ0n) is 59.8. The molecule has 0 aromatic heterocycles. The van der Waals surface area contributed by atoms with Crippen molar-refractivity contribution in [2.24, 2.45) is 94.7 Å². The van der Waals surface area contributed by atoms with Gasteiger partial charge in [0, 0.05) is 0 Å². The molecule has 8 heteroatoms. The molecule has 9 rings (SSSR count). The molecule has 24 atom stereocenters. The fourth-order valence-electron chi connectivity index (χ4n) is 23.1. The van der Waals surface area contributed by atoms with Crippen LogP contribution in [0.25, 0.3) is 0 Å². The van der Waals surface area contributed by atoms with E-state index in [9.17, 15) is 0 Å². The molecule has 8 N–H and O–H groups in total.